The fraction of sp³-hybridized carbons (Fsp3) is 0.500. The van der Waals surface area contributed by atoms with E-state index in [1.165, 1.54) is 48.9 Å². The second kappa shape index (κ2) is 6.29. The van der Waals surface area contributed by atoms with Crippen LogP contribution in [0.5, 0.6) is 0 Å². The number of fused-ring (bicyclic) bond motifs is 1. The van der Waals surface area contributed by atoms with Crippen molar-refractivity contribution in [1.82, 2.24) is 15.2 Å². The first-order chi connectivity index (χ1) is 9.72. The summed E-state index contributed by atoms with van der Waals surface area (Å²) in [7, 11) is 2.23. The van der Waals surface area contributed by atoms with Gasteiger partial charge in [0, 0.05) is 34.7 Å². The second-order valence-electron chi connectivity index (χ2n) is 5.89. The number of nitrogens with zero attached hydrogens (tertiary/aromatic N) is 1. The van der Waals surface area contributed by atoms with Gasteiger partial charge in [-0.1, -0.05) is 15.9 Å². The lowest BCUT2D eigenvalue weighted by Crippen LogP contribution is -2.34. The van der Waals surface area contributed by atoms with E-state index in [4.69, 9.17) is 0 Å². The van der Waals surface area contributed by atoms with Gasteiger partial charge in [0.1, 0.15) is 0 Å². The molecule has 2 aromatic rings. The number of nitrogens with one attached hydrogen (secondary N) is 2. The summed E-state index contributed by atoms with van der Waals surface area (Å²) in [6, 6.07) is 6.43. The summed E-state index contributed by atoms with van der Waals surface area (Å²) >= 11 is 3.56. The molecule has 0 radical (unpaired) electrons. The molecule has 0 amide bonds. The maximum atomic E-state index is 3.56. The Labute approximate surface area is 128 Å². The van der Waals surface area contributed by atoms with Gasteiger partial charge in [0.05, 0.1) is 0 Å². The highest BCUT2D eigenvalue weighted by Crippen LogP contribution is 2.24. The highest BCUT2D eigenvalue weighted by atomic mass is 79.9. The maximum Gasteiger partial charge on any atom is 0.0458 e. The van der Waals surface area contributed by atoms with E-state index in [2.05, 4.69) is 62.6 Å². The first kappa shape index (κ1) is 14.1. The van der Waals surface area contributed by atoms with Crippen LogP contribution in [0.25, 0.3) is 10.9 Å². The average molecular weight is 336 g/mol. The Bertz CT molecular complexity index is 572. The van der Waals surface area contributed by atoms with Gasteiger partial charge in [-0.2, -0.15) is 0 Å². The molecule has 0 spiro atoms. The number of halogens is 1. The number of piperidine rings is 1. The topological polar surface area (TPSA) is 31.1 Å². The molecule has 1 saturated heterocycles. The van der Waals surface area contributed by atoms with Crippen LogP contribution >= 0.6 is 15.9 Å². The highest BCUT2D eigenvalue weighted by Gasteiger charge is 2.16. The minimum atomic E-state index is 0.846. The van der Waals surface area contributed by atoms with Gasteiger partial charge in [-0.25, -0.2) is 0 Å². The van der Waals surface area contributed by atoms with Crippen molar-refractivity contribution in [1.29, 1.82) is 0 Å². The zero-order valence-electron chi connectivity index (χ0n) is 12.0. The van der Waals surface area contributed by atoms with Gasteiger partial charge in [0.15, 0.2) is 0 Å². The van der Waals surface area contributed by atoms with Crippen molar-refractivity contribution in [3.05, 3.63) is 34.4 Å². The van der Waals surface area contributed by atoms with Crippen molar-refractivity contribution >= 4 is 26.8 Å². The summed E-state index contributed by atoms with van der Waals surface area (Å²) in [4.78, 5) is 5.82. The van der Waals surface area contributed by atoms with Crippen LogP contribution in [0.4, 0.5) is 0 Å². The minimum absolute atomic E-state index is 0.846. The standard InChI is InChI=1S/C16H22BrN3/c1-20(10-12-4-6-18-7-5-12)11-13-9-19-16-3-2-14(17)8-15(13)16/h2-3,8-9,12,18-19H,4-7,10-11H2,1H3. The van der Waals surface area contributed by atoms with Crippen molar-refractivity contribution in [2.24, 2.45) is 5.92 Å². The lowest BCUT2D eigenvalue weighted by Gasteiger charge is -2.27. The second-order valence-corrected chi connectivity index (χ2v) is 6.81. The normalized spacial score (nSPS) is 17.1. The number of aromatic nitrogens is 1. The van der Waals surface area contributed by atoms with Crippen LogP contribution in [-0.2, 0) is 6.54 Å². The van der Waals surface area contributed by atoms with Crippen molar-refractivity contribution in [3.63, 3.8) is 0 Å². The zero-order chi connectivity index (χ0) is 13.9. The van der Waals surface area contributed by atoms with Crippen LogP contribution in [0.2, 0.25) is 0 Å². The van der Waals surface area contributed by atoms with E-state index in [1.807, 2.05) is 0 Å². The van der Waals surface area contributed by atoms with Crippen LogP contribution in [0, 0.1) is 5.92 Å². The monoisotopic (exact) mass is 335 g/mol. The summed E-state index contributed by atoms with van der Waals surface area (Å²) in [6.45, 7) is 4.57. The van der Waals surface area contributed by atoms with E-state index < -0.39 is 0 Å². The molecule has 2 N–H and O–H groups in total. The molecule has 20 heavy (non-hydrogen) atoms. The number of hydrogen-bond acceptors (Lipinski definition) is 2. The quantitative estimate of drug-likeness (QED) is 0.897. The molecule has 0 unspecified atom stereocenters. The van der Waals surface area contributed by atoms with E-state index in [-0.39, 0.29) is 0 Å². The summed E-state index contributed by atoms with van der Waals surface area (Å²) in [5.74, 6) is 0.846. The molecule has 3 rings (SSSR count). The van der Waals surface area contributed by atoms with E-state index in [9.17, 15) is 0 Å². The largest absolute Gasteiger partial charge is 0.361 e. The van der Waals surface area contributed by atoms with E-state index in [0.717, 1.165) is 16.9 Å². The molecule has 0 aliphatic carbocycles. The molecule has 1 aliphatic rings. The van der Waals surface area contributed by atoms with E-state index in [1.54, 1.807) is 0 Å². The molecule has 108 valence electrons. The van der Waals surface area contributed by atoms with Crippen LogP contribution in [-0.4, -0.2) is 36.6 Å². The number of H-pyrrole nitrogens is 1. The Morgan fingerprint density at radius 2 is 2.10 bits per heavy atom. The van der Waals surface area contributed by atoms with Crippen molar-refractivity contribution < 1.29 is 0 Å². The number of aromatic amines is 1. The summed E-state index contributed by atoms with van der Waals surface area (Å²) in [6.07, 6.45) is 4.77. The zero-order valence-corrected chi connectivity index (χ0v) is 13.5. The van der Waals surface area contributed by atoms with Gasteiger partial charge in [-0.05, 0) is 62.7 Å². The Morgan fingerprint density at radius 1 is 1.30 bits per heavy atom. The van der Waals surface area contributed by atoms with E-state index >= 15 is 0 Å². The van der Waals surface area contributed by atoms with Crippen LogP contribution < -0.4 is 5.32 Å². The van der Waals surface area contributed by atoms with Crippen molar-refractivity contribution in [2.45, 2.75) is 19.4 Å². The molecule has 0 bridgehead atoms. The van der Waals surface area contributed by atoms with Crippen LogP contribution in [0.1, 0.15) is 18.4 Å². The molecule has 3 nitrogen and oxygen atoms in total. The predicted octanol–water partition coefficient (Wildman–Crippen LogP) is 3.36. The smallest absolute Gasteiger partial charge is 0.0458 e. The molecule has 0 saturated carbocycles. The molecular formula is C16H22BrN3. The Hall–Kier alpha value is -0.840. The summed E-state index contributed by atoms with van der Waals surface area (Å²) in [5.41, 5.74) is 2.61. The first-order valence-electron chi connectivity index (χ1n) is 7.37. The third kappa shape index (κ3) is 3.25. The fourth-order valence-corrected chi connectivity index (χ4v) is 3.50. The van der Waals surface area contributed by atoms with Crippen LogP contribution in [0.3, 0.4) is 0 Å². The minimum Gasteiger partial charge on any atom is -0.361 e. The summed E-state index contributed by atoms with van der Waals surface area (Å²) in [5, 5.41) is 4.77. The van der Waals surface area contributed by atoms with Gasteiger partial charge < -0.3 is 15.2 Å². The number of hydrogen-bond donors (Lipinski definition) is 2. The third-order valence-electron chi connectivity index (χ3n) is 4.20. The SMILES string of the molecule is CN(Cc1c[nH]c2ccc(Br)cc12)CC1CCNCC1. The molecule has 4 heteroatoms. The molecular weight excluding hydrogens is 314 g/mol. The lowest BCUT2D eigenvalue weighted by atomic mass is 9.97. The van der Waals surface area contributed by atoms with Crippen molar-refractivity contribution in [3.8, 4) is 0 Å². The Balaban J connectivity index is 1.67. The van der Waals surface area contributed by atoms with Gasteiger partial charge in [-0.15, -0.1) is 0 Å². The third-order valence-corrected chi connectivity index (χ3v) is 4.69. The fourth-order valence-electron chi connectivity index (χ4n) is 3.14. The molecule has 1 aliphatic heterocycles. The van der Waals surface area contributed by atoms with Crippen LogP contribution in [0.15, 0.2) is 28.9 Å². The van der Waals surface area contributed by atoms with E-state index in [0.29, 0.717) is 0 Å². The first-order valence-corrected chi connectivity index (χ1v) is 8.16. The average Bonchev–Trinajstić information content (AvgIpc) is 2.82. The summed E-state index contributed by atoms with van der Waals surface area (Å²) < 4.78 is 1.15. The molecule has 0 atom stereocenters. The van der Waals surface area contributed by atoms with Crippen molar-refractivity contribution in [2.75, 3.05) is 26.7 Å². The maximum absolute atomic E-state index is 3.56. The van der Waals surface area contributed by atoms with Gasteiger partial charge in [0.2, 0.25) is 0 Å². The van der Waals surface area contributed by atoms with Gasteiger partial charge in [0.25, 0.3) is 0 Å². The molecule has 1 aromatic carbocycles. The van der Waals surface area contributed by atoms with Gasteiger partial charge >= 0.3 is 0 Å². The Kier molecular flexibility index (Phi) is 4.44. The number of rotatable bonds is 4. The molecule has 1 fully saturated rings. The Morgan fingerprint density at radius 3 is 2.90 bits per heavy atom. The molecule has 2 heterocycles. The number of benzene rings is 1. The predicted molar refractivity (Wildman–Crippen MR) is 87.9 cm³/mol. The van der Waals surface area contributed by atoms with Gasteiger partial charge in [-0.3, -0.25) is 0 Å². The molecule has 1 aromatic heterocycles. The highest BCUT2D eigenvalue weighted by molar-refractivity contribution is 9.10. The lowest BCUT2D eigenvalue weighted by molar-refractivity contribution is 0.235.